The number of hydrogen-bond donors (Lipinski definition) is 1. The zero-order valence-corrected chi connectivity index (χ0v) is 15.8. The minimum atomic E-state index is -0.936. The second-order valence-electron chi connectivity index (χ2n) is 6.93. The van der Waals surface area contributed by atoms with Crippen LogP contribution in [0.15, 0.2) is 12.1 Å². The summed E-state index contributed by atoms with van der Waals surface area (Å²) in [7, 11) is 1.49. The molecular weight excluding hydrogens is 358 g/mol. The summed E-state index contributed by atoms with van der Waals surface area (Å²) in [5.41, 5.74) is 0.321. The summed E-state index contributed by atoms with van der Waals surface area (Å²) >= 11 is 6.30. The van der Waals surface area contributed by atoms with Crippen LogP contribution in [0.3, 0.4) is 0 Å². The van der Waals surface area contributed by atoms with Crippen LogP contribution in [0.25, 0.3) is 0 Å². The monoisotopic (exact) mass is 381 g/mol. The number of carbonyl (C=O) groups is 2. The van der Waals surface area contributed by atoms with Gasteiger partial charge in [-0.25, -0.2) is 4.79 Å². The van der Waals surface area contributed by atoms with E-state index in [1.165, 1.54) is 18.1 Å². The van der Waals surface area contributed by atoms with E-state index in [-0.39, 0.29) is 22.8 Å². The molecule has 1 saturated heterocycles. The number of halogens is 1. The number of ether oxygens (including phenoxy) is 2. The molecule has 1 heterocycles. The van der Waals surface area contributed by atoms with Crippen molar-refractivity contribution < 1.29 is 24.2 Å². The maximum Gasteiger partial charge on any atom is 0.326 e. The Bertz CT molecular complexity index is 707. The third-order valence-electron chi connectivity index (χ3n) is 5.33. The number of benzene rings is 1. The molecule has 0 radical (unpaired) electrons. The van der Waals surface area contributed by atoms with Crippen LogP contribution in [-0.4, -0.2) is 48.2 Å². The number of likely N-dealkylation sites (tertiary alicyclic amines) is 1. The Morgan fingerprint density at radius 2 is 2.12 bits per heavy atom. The summed E-state index contributed by atoms with van der Waals surface area (Å²) in [4.78, 5) is 26.3. The molecule has 1 aromatic rings. The van der Waals surface area contributed by atoms with Gasteiger partial charge in [0.15, 0.2) is 11.5 Å². The number of carboxylic acids is 1. The molecule has 3 atom stereocenters. The van der Waals surface area contributed by atoms with Crippen LogP contribution in [-0.2, 0) is 4.79 Å². The molecule has 1 aromatic carbocycles. The summed E-state index contributed by atoms with van der Waals surface area (Å²) < 4.78 is 10.9. The summed E-state index contributed by atoms with van der Waals surface area (Å²) in [6.07, 6.45) is 3.69. The molecule has 1 saturated carbocycles. The Kier molecular flexibility index (Phi) is 5.61. The SMILES string of the molecule is CCCOc1c(Cl)cc(C(=O)N2CC3CCCC3C2C(=O)O)cc1OC. The highest BCUT2D eigenvalue weighted by Gasteiger charge is 2.49. The van der Waals surface area contributed by atoms with Crippen LogP contribution in [0.2, 0.25) is 5.02 Å². The molecule has 2 aliphatic rings. The van der Waals surface area contributed by atoms with Crippen LogP contribution < -0.4 is 9.47 Å². The number of methoxy groups -OCH3 is 1. The predicted octanol–water partition coefficient (Wildman–Crippen LogP) is 3.46. The lowest BCUT2D eigenvalue weighted by atomic mass is 9.94. The van der Waals surface area contributed by atoms with Crippen molar-refractivity contribution in [2.45, 2.75) is 38.6 Å². The predicted molar refractivity (Wildman–Crippen MR) is 97.1 cm³/mol. The number of amides is 1. The average molecular weight is 382 g/mol. The van der Waals surface area contributed by atoms with Crippen LogP contribution in [0.5, 0.6) is 11.5 Å². The van der Waals surface area contributed by atoms with Crippen molar-refractivity contribution in [3.05, 3.63) is 22.7 Å². The highest BCUT2D eigenvalue weighted by molar-refractivity contribution is 6.32. The third-order valence-corrected chi connectivity index (χ3v) is 5.61. The van der Waals surface area contributed by atoms with Gasteiger partial charge in [-0.05, 0) is 43.2 Å². The van der Waals surface area contributed by atoms with E-state index < -0.39 is 12.0 Å². The number of nitrogens with zero attached hydrogens (tertiary/aromatic N) is 1. The van der Waals surface area contributed by atoms with Crippen LogP contribution in [0.1, 0.15) is 43.0 Å². The van der Waals surface area contributed by atoms with Gasteiger partial charge in [0, 0.05) is 12.1 Å². The van der Waals surface area contributed by atoms with Crippen LogP contribution >= 0.6 is 11.6 Å². The van der Waals surface area contributed by atoms with E-state index >= 15 is 0 Å². The lowest BCUT2D eigenvalue weighted by molar-refractivity contribution is -0.142. The van der Waals surface area contributed by atoms with E-state index in [0.29, 0.717) is 30.2 Å². The van der Waals surface area contributed by atoms with Crippen molar-refractivity contribution in [3.8, 4) is 11.5 Å². The van der Waals surface area contributed by atoms with Crippen molar-refractivity contribution in [2.75, 3.05) is 20.3 Å². The molecule has 0 spiro atoms. The van der Waals surface area contributed by atoms with Gasteiger partial charge in [-0.2, -0.15) is 0 Å². The number of carboxylic acid groups (broad SMARTS) is 1. The molecule has 3 unspecified atom stereocenters. The quantitative estimate of drug-likeness (QED) is 0.816. The van der Waals surface area contributed by atoms with Crippen molar-refractivity contribution in [1.29, 1.82) is 0 Å². The Morgan fingerprint density at radius 1 is 1.35 bits per heavy atom. The van der Waals surface area contributed by atoms with Crippen LogP contribution in [0.4, 0.5) is 0 Å². The Hall–Kier alpha value is -1.95. The van der Waals surface area contributed by atoms with Gasteiger partial charge in [0.2, 0.25) is 0 Å². The molecular formula is C19H24ClNO5. The van der Waals surface area contributed by atoms with Gasteiger partial charge in [-0.1, -0.05) is 24.9 Å². The topological polar surface area (TPSA) is 76.1 Å². The van der Waals surface area contributed by atoms with Gasteiger partial charge >= 0.3 is 5.97 Å². The minimum Gasteiger partial charge on any atom is -0.493 e. The van der Waals surface area contributed by atoms with Crippen molar-refractivity contribution in [1.82, 2.24) is 4.90 Å². The molecule has 0 bridgehead atoms. The second-order valence-corrected chi connectivity index (χ2v) is 7.34. The van der Waals surface area contributed by atoms with Gasteiger partial charge in [0.25, 0.3) is 5.91 Å². The van der Waals surface area contributed by atoms with Crippen molar-refractivity contribution >= 4 is 23.5 Å². The zero-order chi connectivity index (χ0) is 18.8. The Morgan fingerprint density at radius 3 is 2.77 bits per heavy atom. The van der Waals surface area contributed by atoms with Crippen LogP contribution in [0, 0.1) is 11.8 Å². The Labute approximate surface area is 158 Å². The largest absolute Gasteiger partial charge is 0.493 e. The van der Waals surface area contributed by atoms with E-state index in [2.05, 4.69) is 0 Å². The lowest BCUT2D eigenvalue weighted by Crippen LogP contribution is -2.43. The fourth-order valence-electron chi connectivity index (χ4n) is 4.18. The molecule has 0 aromatic heterocycles. The maximum absolute atomic E-state index is 13.0. The first-order valence-corrected chi connectivity index (χ1v) is 9.39. The highest BCUT2D eigenvalue weighted by atomic mass is 35.5. The number of rotatable bonds is 6. The van der Waals surface area contributed by atoms with Gasteiger partial charge in [0.1, 0.15) is 6.04 Å². The molecule has 1 N–H and O–H groups in total. The van der Waals surface area contributed by atoms with Crippen molar-refractivity contribution in [3.63, 3.8) is 0 Å². The minimum absolute atomic E-state index is 0.0426. The molecule has 1 amide bonds. The van der Waals surface area contributed by atoms with E-state index in [1.807, 2.05) is 6.92 Å². The molecule has 6 nitrogen and oxygen atoms in total. The molecule has 3 rings (SSSR count). The first-order valence-electron chi connectivity index (χ1n) is 9.02. The Balaban J connectivity index is 1.89. The molecule has 2 fully saturated rings. The van der Waals surface area contributed by atoms with Gasteiger partial charge in [-0.3, -0.25) is 4.79 Å². The summed E-state index contributed by atoms with van der Waals surface area (Å²) in [6, 6.07) is 2.34. The van der Waals surface area contributed by atoms with E-state index in [4.69, 9.17) is 21.1 Å². The molecule has 1 aliphatic heterocycles. The van der Waals surface area contributed by atoms with Gasteiger partial charge in [0.05, 0.1) is 18.7 Å². The number of hydrogen-bond acceptors (Lipinski definition) is 4. The van der Waals surface area contributed by atoms with E-state index in [0.717, 1.165) is 25.7 Å². The van der Waals surface area contributed by atoms with E-state index in [9.17, 15) is 14.7 Å². The molecule has 1 aliphatic carbocycles. The zero-order valence-electron chi connectivity index (χ0n) is 15.0. The highest BCUT2D eigenvalue weighted by Crippen LogP contribution is 2.43. The standard InChI is InChI=1S/C19H24ClNO5/c1-3-7-26-17-14(20)8-12(9-15(17)25-2)18(22)21-10-11-5-4-6-13(11)16(21)19(23)24/h8-9,11,13,16H,3-7,10H2,1-2H3,(H,23,24). The first-order chi connectivity index (χ1) is 12.5. The summed E-state index contributed by atoms with van der Waals surface area (Å²) in [5.74, 6) is -0.172. The number of carbonyl (C=O) groups excluding carboxylic acids is 1. The molecule has 7 heteroatoms. The third kappa shape index (κ3) is 3.34. The molecule has 142 valence electrons. The molecule has 26 heavy (non-hydrogen) atoms. The van der Waals surface area contributed by atoms with Gasteiger partial charge in [-0.15, -0.1) is 0 Å². The van der Waals surface area contributed by atoms with E-state index in [1.54, 1.807) is 6.07 Å². The lowest BCUT2D eigenvalue weighted by Gasteiger charge is -2.25. The van der Waals surface area contributed by atoms with Gasteiger partial charge < -0.3 is 19.5 Å². The normalized spacial score (nSPS) is 24.4. The fourth-order valence-corrected chi connectivity index (χ4v) is 4.45. The average Bonchev–Trinajstić information content (AvgIpc) is 3.19. The summed E-state index contributed by atoms with van der Waals surface area (Å²) in [5, 5.41) is 9.94. The van der Waals surface area contributed by atoms with Crippen molar-refractivity contribution in [2.24, 2.45) is 11.8 Å². The second kappa shape index (κ2) is 7.74. The summed E-state index contributed by atoms with van der Waals surface area (Å²) in [6.45, 7) is 2.95. The first kappa shape index (κ1) is 18.8. The maximum atomic E-state index is 13.0. The fraction of sp³-hybridized carbons (Fsp3) is 0.579. The smallest absolute Gasteiger partial charge is 0.326 e. The number of fused-ring (bicyclic) bond motifs is 1. The number of aliphatic carboxylic acids is 1.